The average molecular weight is 477 g/mol. The Morgan fingerprint density at radius 3 is 2.37 bits per heavy atom. The molecule has 3 aromatic rings. The maximum Gasteiger partial charge on any atom is 0.334 e. The van der Waals surface area contributed by atoms with Gasteiger partial charge in [-0.2, -0.15) is 0 Å². The van der Waals surface area contributed by atoms with Gasteiger partial charge in [0, 0.05) is 22.4 Å². The fourth-order valence-corrected chi connectivity index (χ4v) is 4.74. The maximum absolute atomic E-state index is 12.3. The Balaban J connectivity index is 1.52. The van der Waals surface area contributed by atoms with Crippen molar-refractivity contribution in [1.82, 2.24) is 5.32 Å². The fraction of sp³-hybridized carbons (Fsp3) is 0.357. The predicted molar refractivity (Wildman–Crippen MR) is 134 cm³/mol. The number of carboxylic acid groups (broad SMARTS) is 1. The summed E-state index contributed by atoms with van der Waals surface area (Å²) < 4.78 is 6.17. The monoisotopic (exact) mass is 476 g/mol. The van der Waals surface area contributed by atoms with E-state index in [1.165, 1.54) is 19.3 Å². The number of nitrogens with one attached hydrogen (secondary N) is 2. The first kappa shape index (κ1) is 24.5. The van der Waals surface area contributed by atoms with Crippen LogP contribution in [0.2, 0.25) is 0 Å². The second-order valence-corrected chi connectivity index (χ2v) is 9.15. The normalized spacial score (nSPS) is 15.8. The zero-order valence-electron chi connectivity index (χ0n) is 19.9. The number of aliphatic carboxylic acids is 1. The standard InChI is InChI=1S/C28H32N2O5/c1-18-23(16-25(35-18)19-8-4-2-5-9-19)26(20-10-6-3-7-11-20)30-22-14-12-21(13-15-22)27(32)29-17-24(31)28(33)34/h2,4-5,8-9,12-16,20,24,26,30-31H,3,6-7,10-11,17H2,1H3,(H,29,32)(H,33,34). The zero-order valence-corrected chi connectivity index (χ0v) is 19.9. The van der Waals surface area contributed by atoms with Crippen molar-refractivity contribution in [3.8, 4) is 11.3 Å². The molecule has 184 valence electrons. The lowest BCUT2D eigenvalue weighted by atomic mass is 9.81. The van der Waals surface area contributed by atoms with Crippen LogP contribution >= 0.6 is 0 Å². The second-order valence-electron chi connectivity index (χ2n) is 9.15. The highest BCUT2D eigenvalue weighted by atomic mass is 16.4. The highest BCUT2D eigenvalue weighted by Gasteiger charge is 2.28. The van der Waals surface area contributed by atoms with Gasteiger partial charge in [-0.3, -0.25) is 4.79 Å². The van der Waals surface area contributed by atoms with Crippen molar-refractivity contribution >= 4 is 17.6 Å². The van der Waals surface area contributed by atoms with Crippen molar-refractivity contribution in [3.05, 3.63) is 77.6 Å². The summed E-state index contributed by atoms with van der Waals surface area (Å²) in [6.07, 6.45) is 4.36. The molecule has 1 aromatic heterocycles. The molecule has 4 rings (SSSR count). The van der Waals surface area contributed by atoms with Crippen molar-refractivity contribution in [2.45, 2.75) is 51.2 Å². The molecule has 1 amide bonds. The van der Waals surface area contributed by atoms with E-state index < -0.39 is 18.0 Å². The van der Waals surface area contributed by atoms with Crippen molar-refractivity contribution in [2.75, 3.05) is 11.9 Å². The van der Waals surface area contributed by atoms with E-state index in [1.54, 1.807) is 12.1 Å². The number of benzene rings is 2. The molecule has 1 aliphatic carbocycles. The smallest absolute Gasteiger partial charge is 0.334 e. The van der Waals surface area contributed by atoms with Gasteiger partial charge in [0.05, 0.1) is 12.6 Å². The lowest BCUT2D eigenvalue weighted by molar-refractivity contribution is -0.146. The van der Waals surface area contributed by atoms with E-state index in [0.29, 0.717) is 11.5 Å². The molecule has 1 aliphatic rings. The SMILES string of the molecule is Cc1oc(-c2ccccc2)cc1C(Nc1ccc(C(=O)NCC(O)C(=O)O)cc1)C1CCCCC1. The van der Waals surface area contributed by atoms with Gasteiger partial charge in [0.2, 0.25) is 0 Å². The number of aryl methyl sites for hydroxylation is 1. The Morgan fingerprint density at radius 2 is 1.71 bits per heavy atom. The van der Waals surface area contributed by atoms with Crippen LogP contribution in [0, 0.1) is 12.8 Å². The molecule has 0 saturated heterocycles. The first-order valence-corrected chi connectivity index (χ1v) is 12.1. The van der Waals surface area contributed by atoms with Gasteiger partial charge in [0.1, 0.15) is 11.5 Å². The summed E-state index contributed by atoms with van der Waals surface area (Å²) in [5.74, 6) is 0.433. The number of anilines is 1. The third-order valence-corrected chi connectivity index (χ3v) is 6.68. The first-order chi connectivity index (χ1) is 16.9. The van der Waals surface area contributed by atoms with Gasteiger partial charge in [-0.25, -0.2) is 4.79 Å². The average Bonchev–Trinajstić information content (AvgIpc) is 3.28. The van der Waals surface area contributed by atoms with Crippen LogP contribution in [0.25, 0.3) is 11.3 Å². The van der Waals surface area contributed by atoms with Crippen molar-refractivity contribution in [3.63, 3.8) is 0 Å². The third kappa shape index (κ3) is 6.11. The Kier molecular flexibility index (Phi) is 7.87. The van der Waals surface area contributed by atoms with Crippen LogP contribution in [0.15, 0.2) is 65.1 Å². The van der Waals surface area contributed by atoms with Crippen LogP contribution in [0.1, 0.15) is 59.8 Å². The molecule has 2 unspecified atom stereocenters. The van der Waals surface area contributed by atoms with Gasteiger partial charge in [0.15, 0.2) is 6.10 Å². The van der Waals surface area contributed by atoms with E-state index in [1.807, 2.05) is 49.4 Å². The summed E-state index contributed by atoms with van der Waals surface area (Å²) in [4.78, 5) is 23.0. The number of aliphatic hydroxyl groups excluding tert-OH is 1. The number of carbonyl (C=O) groups excluding carboxylic acids is 1. The Morgan fingerprint density at radius 1 is 1.03 bits per heavy atom. The molecule has 1 saturated carbocycles. The molecule has 7 heteroatoms. The molecular weight excluding hydrogens is 444 g/mol. The van der Waals surface area contributed by atoms with Crippen LogP contribution in [0.3, 0.4) is 0 Å². The topological polar surface area (TPSA) is 112 Å². The van der Waals surface area contributed by atoms with Crippen LogP contribution in [-0.2, 0) is 4.79 Å². The summed E-state index contributed by atoms with van der Waals surface area (Å²) in [7, 11) is 0. The van der Waals surface area contributed by atoms with E-state index in [9.17, 15) is 14.7 Å². The summed E-state index contributed by atoms with van der Waals surface area (Å²) >= 11 is 0. The molecule has 1 heterocycles. The highest BCUT2D eigenvalue weighted by molar-refractivity contribution is 5.94. The number of hydrogen-bond acceptors (Lipinski definition) is 5. The maximum atomic E-state index is 12.3. The van der Waals surface area contributed by atoms with Crippen LogP contribution < -0.4 is 10.6 Å². The molecule has 35 heavy (non-hydrogen) atoms. The molecule has 0 aliphatic heterocycles. The Hall–Kier alpha value is -3.58. The number of hydrogen-bond donors (Lipinski definition) is 4. The van der Waals surface area contributed by atoms with E-state index in [-0.39, 0.29) is 12.6 Å². The summed E-state index contributed by atoms with van der Waals surface area (Å²) in [5.41, 5.74) is 3.49. The van der Waals surface area contributed by atoms with Gasteiger partial charge in [-0.15, -0.1) is 0 Å². The fourth-order valence-electron chi connectivity index (χ4n) is 4.74. The van der Waals surface area contributed by atoms with Crippen LogP contribution in [0.5, 0.6) is 0 Å². The molecule has 2 atom stereocenters. The van der Waals surface area contributed by atoms with Gasteiger partial charge in [-0.1, -0.05) is 49.6 Å². The lowest BCUT2D eigenvalue weighted by Crippen LogP contribution is -2.36. The van der Waals surface area contributed by atoms with E-state index >= 15 is 0 Å². The molecule has 7 nitrogen and oxygen atoms in total. The summed E-state index contributed by atoms with van der Waals surface area (Å²) in [5, 5.41) is 24.3. The van der Waals surface area contributed by atoms with Crippen molar-refractivity contribution in [2.24, 2.45) is 5.92 Å². The Labute approximate surface area is 205 Å². The van der Waals surface area contributed by atoms with Gasteiger partial charge >= 0.3 is 5.97 Å². The van der Waals surface area contributed by atoms with Gasteiger partial charge < -0.3 is 25.3 Å². The summed E-state index contributed by atoms with van der Waals surface area (Å²) in [6.45, 7) is 1.67. The number of carboxylic acids is 1. The van der Waals surface area contributed by atoms with E-state index in [0.717, 1.165) is 41.2 Å². The number of amides is 1. The molecule has 0 bridgehead atoms. The molecule has 2 aromatic carbocycles. The quantitative estimate of drug-likeness (QED) is 0.339. The molecule has 0 spiro atoms. The van der Waals surface area contributed by atoms with E-state index in [2.05, 4.69) is 16.7 Å². The summed E-state index contributed by atoms with van der Waals surface area (Å²) in [6, 6.07) is 19.4. The van der Waals surface area contributed by atoms with Crippen molar-refractivity contribution in [1.29, 1.82) is 0 Å². The van der Waals surface area contributed by atoms with Crippen molar-refractivity contribution < 1.29 is 24.2 Å². The Bertz CT molecular complexity index is 1130. The molecule has 1 fully saturated rings. The predicted octanol–water partition coefficient (Wildman–Crippen LogP) is 5.16. The number of furan rings is 1. The van der Waals surface area contributed by atoms with Crippen LogP contribution in [-0.4, -0.2) is 34.7 Å². The number of carbonyl (C=O) groups is 2. The second kappa shape index (κ2) is 11.2. The number of aliphatic hydroxyl groups is 1. The zero-order chi connectivity index (χ0) is 24.8. The first-order valence-electron chi connectivity index (χ1n) is 12.1. The molecule has 0 radical (unpaired) electrons. The third-order valence-electron chi connectivity index (χ3n) is 6.68. The minimum Gasteiger partial charge on any atom is -0.479 e. The lowest BCUT2D eigenvalue weighted by Gasteiger charge is -2.31. The minimum absolute atomic E-state index is 0.0851. The highest BCUT2D eigenvalue weighted by Crippen LogP contribution is 2.40. The minimum atomic E-state index is -1.63. The van der Waals surface area contributed by atoms with Crippen LogP contribution in [0.4, 0.5) is 5.69 Å². The molecular formula is C28H32N2O5. The number of rotatable bonds is 9. The van der Waals surface area contributed by atoms with Gasteiger partial charge in [0.25, 0.3) is 5.91 Å². The van der Waals surface area contributed by atoms with Gasteiger partial charge in [-0.05, 0) is 56.0 Å². The molecule has 4 N–H and O–H groups in total. The van der Waals surface area contributed by atoms with E-state index in [4.69, 9.17) is 9.52 Å². The largest absolute Gasteiger partial charge is 0.479 e.